The maximum atomic E-state index is 11.7. The summed E-state index contributed by atoms with van der Waals surface area (Å²) in [4.78, 5) is 11.7. The summed E-state index contributed by atoms with van der Waals surface area (Å²) < 4.78 is 10.9. The molecule has 0 radical (unpaired) electrons. The number of rotatable bonds is 1. The summed E-state index contributed by atoms with van der Waals surface area (Å²) >= 11 is 0. The van der Waals surface area contributed by atoms with Crippen LogP contribution in [-0.4, -0.2) is 25.8 Å². The van der Waals surface area contributed by atoms with E-state index in [1.807, 2.05) is 12.1 Å². The Balaban J connectivity index is 1.89. The van der Waals surface area contributed by atoms with Crippen molar-refractivity contribution in [2.75, 3.05) is 19.8 Å². The highest BCUT2D eigenvalue weighted by Gasteiger charge is 2.47. The lowest BCUT2D eigenvalue weighted by molar-refractivity contribution is -0.135. The molecule has 0 unspecified atom stereocenters. The zero-order valence-corrected chi connectivity index (χ0v) is 10.5. The van der Waals surface area contributed by atoms with Gasteiger partial charge in [-0.2, -0.15) is 0 Å². The van der Waals surface area contributed by atoms with Gasteiger partial charge in [-0.3, -0.25) is 0 Å². The lowest BCUT2D eigenvalue weighted by atomic mass is 9.68. The minimum absolute atomic E-state index is 0.0892. The number of cyclic esters (lactones) is 1. The van der Waals surface area contributed by atoms with Crippen LogP contribution < -0.4 is 0 Å². The van der Waals surface area contributed by atoms with Crippen LogP contribution >= 0.6 is 0 Å². The number of ether oxygens (including phenoxy) is 2. The van der Waals surface area contributed by atoms with Gasteiger partial charge in [-0.05, 0) is 17.6 Å². The first-order chi connectivity index (χ1) is 9.31. The summed E-state index contributed by atoms with van der Waals surface area (Å²) in [6, 6.07) is 10.4. The van der Waals surface area contributed by atoms with E-state index in [0.29, 0.717) is 19.8 Å². The zero-order chi connectivity index (χ0) is 12.9. The average Bonchev–Trinajstić information content (AvgIpc) is 3.04. The molecule has 3 heteroatoms. The van der Waals surface area contributed by atoms with Gasteiger partial charge in [0.05, 0.1) is 18.8 Å². The van der Waals surface area contributed by atoms with Crippen molar-refractivity contribution in [1.29, 1.82) is 0 Å². The number of carbonyl (C=O) groups is 1. The molecule has 3 nitrogen and oxygen atoms in total. The average molecular weight is 254 g/mol. The van der Waals surface area contributed by atoms with Crippen molar-refractivity contribution >= 4 is 5.97 Å². The van der Waals surface area contributed by atoms with Crippen molar-refractivity contribution in [3.05, 3.63) is 58.7 Å². The lowest BCUT2D eigenvalue weighted by Crippen LogP contribution is -2.31. The number of fused-ring (bicyclic) bond motifs is 2. The fraction of sp³-hybridized carbons (Fsp3) is 0.312. The van der Waals surface area contributed by atoms with Gasteiger partial charge in [0.1, 0.15) is 6.61 Å². The van der Waals surface area contributed by atoms with E-state index in [0.717, 1.165) is 17.6 Å². The molecule has 0 spiro atoms. The van der Waals surface area contributed by atoms with Gasteiger partial charge < -0.3 is 9.47 Å². The highest BCUT2D eigenvalue weighted by molar-refractivity contribution is 5.97. The fourth-order valence-corrected chi connectivity index (χ4v) is 3.39. The molecule has 2 aliphatic heterocycles. The van der Waals surface area contributed by atoms with Crippen molar-refractivity contribution < 1.29 is 14.3 Å². The highest BCUT2D eigenvalue weighted by Crippen LogP contribution is 2.48. The molecule has 2 saturated heterocycles. The second-order valence-electron chi connectivity index (χ2n) is 5.30. The van der Waals surface area contributed by atoms with E-state index in [9.17, 15) is 4.79 Å². The van der Waals surface area contributed by atoms with Crippen molar-refractivity contribution in [2.45, 2.75) is 11.8 Å². The second kappa shape index (κ2) is 3.81. The van der Waals surface area contributed by atoms with Crippen molar-refractivity contribution in [1.82, 2.24) is 0 Å². The van der Waals surface area contributed by atoms with Crippen LogP contribution in [0.2, 0.25) is 0 Å². The van der Waals surface area contributed by atoms with Crippen molar-refractivity contribution in [2.24, 2.45) is 0 Å². The van der Waals surface area contributed by atoms with Gasteiger partial charge in [-0.1, -0.05) is 36.4 Å². The predicted octanol–water partition coefficient (Wildman–Crippen LogP) is 2.14. The first-order valence-corrected chi connectivity index (χ1v) is 6.55. The quantitative estimate of drug-likeness (QED) is 0.720. The smallest absolute Gasteiger partial charge is 0.338 e. The Morgan fingerprint density at radius 1 is 1.11 bits per heavy atom. The summed E-state index contributed by atoms with van der Waals surface area (Å²) in [5, 5.41) is 0. The van der Waals surface area contributed by atoms with E-state index >= 15 is 0 Å². The van der Waals surface area contributed by atoms with Gasteiger partial charge in [0.25, 0.3) is 0 Å². The molecular formula is C16H14O3. The van der Waals surface area contributed by atoms with Crippen molar-refractivity contribution in [3.63, 3.8) is 0 Å². The van der Waals surface area contributed by atoms with E-state index in [-0.39, 0.29) is 11.4 Å². The number of benzene rings is 1. The van der Waals surface area contributed by atoms with E-state index in [1.165, 1.54) is 11.1 Å². The van der Waals surface area contributed by atoms with E-state index in [1.54, 1.807) is 0 Å². The largest absolute Gasteiger partial charge is 0.457 e. The van der Waals surface area contributed by atoms with Crippen LogP contribution in [0.1, 0.15) is 12.0 Å². The van der Waals surface area contributed by atoms with Gasteiger partial charge in [-0.15, -0.1) is 0 Å². The summed E-state index contributed by atoms with van der Waals surface area (Å²) in [6.45, 7) is 1.70. The molecule has 0 saturated carbocycles. The van der Waals surface area contributed by atoms with Crippen molar-refractivity contribution in [3.8, 4) is 0 Å². The van der Waals surface area contributed by atoms with Crippen LogP contribution in [0.15, 0.2) is 53.1 Å². The Labute approximate surface area is 111 Å². The molecule has 4 rings (SSSR count). The predicted molar refractivity (Wildman–Crippen MR) is 69.6 cm³/mol. The Hall–Kier alpha value is -1.87. The molecule has 3 aliphatic rings. The standard InChI is InChI=1S/C16H14O3/c17-15-12-6-7-16(11-4-2-1-3-5-11)10-18-9-14(16)13(12)8-19-15/h1-6H,7-10H2/t16-/m0/s1. The monoisotopic (exact) mass is 254 g/mol. The second-order valence-corrected chi connectivity index (χ2v) is 5.30. The third kappa shape index (κ3) is 1.39. The molecule has 1 aliphatic carbocycles. The number of hydrogen-bond donors (Lipinski definition) is 0. The third-order valence-corrected chi connectivity index (χ3v) is 4.41. The topological polar surface area (TPSA) is 35.5 Å². The minimum atomic E-state index is -0.184. The van der Waals surface area contributed by atoms with Gasteiger partial charge in [0.15, 0.2) is 0 Å². The first-order valence-electron chi connectivity index (χ1n) is 6.55. The SMILES string of the molecule is O=C1OCC2=C3COC[C@]3(c3ccccc3)CC=C12. The van der Waals surface area contributed by atoms with Crippen LogP contribution in [0, 0.1) is 0 Å². The number of hydrogen-bond acceptors (Lipinski definition) is 3. The Morgan fingerprint density at radius 3 is 2.79 bits per heavy atom. The molecule has 2 fully saturated rings. The van der Waals surface area contributed by atoms with Crippen LogP contribution in [0.25, 0.3) is 0 Å². The summed E-state index contributed by atoms with van der Waals surface area (Å²) in [5.41, 5.74) is 4.23. The van der Waals surface area contributed by atoms with E-state index in [2.05, 4.69) is 24.3 Å². The lowest BCUT2D eigenvalue weighted by Gasteiger charge is -2.32. The molecular weight excluding hydrogens is 240 g/mol. The Bertz CT molecular complexity index is 612. The molecule has 1 atom stereocenters. The molecule has 1 aromatic rings. The molecule has 2 heterocycles. The van der Waals surface area contributed by atoms with Crippen LogP contribution in [0.3, 0.4) is 0 Å². The minimum Gasteiger partial charge on any atom is -0.457 e. The first kappa shape index (κ1) is 11.0. The molecule has 0 N–H and O–H groups in total. The summed E-state index contributed by atoms with van der Waals surface area (Å²) in [6.07, 6.45) is 2.84. The zero-order valence-electron chi connectivity index (χ0n) is 10.5. The molecule has 19 heavy (non-hydrogen) atoms. The molecule has 1 aromatic carbocycles. The van der Waals surface area contributed by atoms with Gasteiger partial charge in [0, 0.05) is 11.0 Å². The molecule has 0 amide bonds. The Morgan fingerprint density at radius 2 is 1.95 bits per heavy atom. The van der Waals surface area contributed by atoms with Gasteiger partial charge in [-0.25, -0.2) is 4.79 Å². The molecule has 96 valence electrons. The number of allylic oxidation sites excluding steroid dienone is 1. The van der Waals surface area contributed by atoms with Gasteiger partial charge >= 0.3 is 5.97 Å². The Kier molecular flexibility index (Phi) is 2.21. The van der Waals surface area contributed by atoms with Gasteiger partial charge in [0.2, 0.25) is 0 Å². The van der Waals surface area contributed by atoms with E-state index in [4.69, 9.17) is 9.47 Å². The normalized spacial score (nSPS) is 28.8. The summed E-state index contributed by atoms with van der Waals surface area (Å²) in [7, 11) is 0. The number of carbonyl (C=O) groups excluding carboxylic acids is 1. The van der Waals surface area contributed by atoms with Crippen LogP contribution in [0.5, 0.6) is 0 Å². The van der Waals surface area contributed by atoms with Crippen LogP contribution in [0.4, 0.5) is 0 Å². The third-order valence-electron chi connectivity index (χ3n) is 4.41. The molecule has 0 bridgehead atoms. The van der Waals surface area contributed by atoms with Crippen LogP contribution in [-0.2, 0) is 19.7 Å². The van der Waals surface area contributed by atoms with E-state index < -0.39 is 0 Å². The highest BCUT2D eigenvalue weighted by atomic mass is 16.5. The molecule has 0 aromatic heterocycles. The maximum absolute atomic E-state index is 11.7. The fourth-order valence-electron chi connectivity index (χ4n) is 3.39. The maximum Gasteiger partial charge on any atom is 0.338 e. The summed E-state index contributed by atoms with van der Waals surface area (Å²) in [5.74, 6) is -0.184. The number of esters is 1.